The van der Waals surface area contributed by atoms with E-state index in [0.29, 0.717) is 35.4 Å². The fourth-order valence-corrected chi connectivity index (χ4v) is 6.55. The van der Waals surface area contributed by atoms with Gasteiger partial charge in [-0.2, -0.15) is 0 Å². The third-order valence-electron chi connectivity index (χ3n) is 6.10. The highest BCUT2D eigenvalue weighted by Crippen LogP contribution is 2.46. The van der Waals surface area contributed by atoms with E-state index in [9.17, 15) is 14.7 Å². The lowest BCUT2D eigenvalue weighted by molar-refractivity contribution is -0.132. The largest absolute Gasteiger partial charge is 0.507 e. The van der Waals surface area contributed by atoms with Gasteiger partial charge in [0.25, 0.3) is 5.78 Å². The average molecular weight is 505 g/mol. The maximum Gasteiger partial charge on any atom is 0.301 e. The van der Waals surface area contributed by atoms with Gasteiger partial charge in [0, 0.05) is 10.4 Å². The first-order valence-corrected chi connectivity index (χ1v) is 12.7. The summed E-state index contributed by atoms with van der Waals surface area (Å²) in [5.41, 5.74) is 3.31. The molecule has 2 aromatic carbocycles. The second-order valence-corrected chi connectivity index (χ2v) is 10.5. The number of carbonyl (C=O) groups excluding carboxylic acids is 2. The number of rotatable bonds is 3. The molecule has 7 nitrogen and oxygen atoms in total. The van der Waals surface area contributed by atoms with Crippen LogP contribution >= 0.6 is 22.7 Å². The standard InChI is InChI=1S/C26H20N2O5S2/c1-13-10-14(2)21-19(11-13)35-26(27-21)28-22(18-4-3-9-34-18)20(24(30)25(28)31)23(29)15-5-6-16-17(12-15)33-8-7-32-16/h3-6,9-12,22,29H,7-8H2,1-2H3/b23-20-. The summed E-state index contributed by atoms with van der Waals surface area (Å²) in [6.07, 6.45) is 0. The minimum atomic E-state index is -0.787. The van der Waals surface area contributed by atoms with E-state index in [1.54, 1.807) is 18.2 Å². The van der Waals surface area contributed by atoms with Gasteiger partial charge in [0.1, 0.15) is 25.0 Å². The van der Waals surface area contributed by atoms with Crippen LogP contribution < -0.4 is 14.4 Å². The second-order valence-electron chi connectivity index (χ2n) is 8.47. The number of fused-ring (bicyclic) bond motifs is 2. The Morgan fingerprint density at radius 1 is 1.09 bits per heavy atom. The third-order valence-corrected chi connectivity index (χ3v) is 8.02. The number of aliphatic hydroxyl groups excluding tert-OH is 1. The van der Waals surface area contributed by atoms with Crippen molar-refractivity contribution in [3.8, 4) is 11.5 Å². The second kappa shape index (κ2) is 8.21. The summed E-state index contributed by atoms with van der Waals surface area (Å²) in [6.45, 7) is 4.83. The molecule has 2 aliphatic rings. The quantitative estimate of drug-likeness (QED) is 0.229. The molecular formula is C26H20N2O5S2. The Labute approximate surface area is 208 Å². The molecule has 1 amide bonds. The highest BCUT2D eigenvalue weighted by atomic mass is 32.1. The Balaban J connectivity index is 1.53. The highest BCUT2D eigenvalue weighted by molar-refractivity contribution is 7.22. The van der Waals surface area contributed by atoms with Crippen molar-refractivity contribution < 1.29 is 24.2 Å². The molecule has 6 rings (SSSR count). The fourth-order valence-electron chi connectivity index (χ4n) is 4.55. The van der Waals surface area contributed by atoms with E-state index in [1.165, 1.54) is 27.6 Å². The zero-order valence-corrected chi connectivity index (χ0v) is 20.5. The lowest BCUT2D eigenvalue weighted by Gasteiger charge is -2.22. The summed E-state index contributed by atoms with van der Waals surface area (Å²) in [4.78, 5) is 33.6. The monoisotopic (exact) mass is 504 g/mol. The summed E-state index contributed by atoms with van der Waals surface area (Å²) in [6, 6.07) is 12.0. The Morgan fingerprint density at radius 3 is 2.66 bits per heavy atom. The molecule has 0 saturated carbocycles. The molecule has 4 aromatic rings. The zero-order valence-electron chi connectivity index (χ0n) is 18.9. The molecule has 4 heterocycles. The van der Waals surface area contributed by atoms with Gasteiger partial charge < -0.3 is 14.6 Å². The fraction of sp³-hybridized carbons (Fsp3) is 0.192. The number of thiazole rings is 1. The third kappa shape index (κ3) is 3.50. The normalized spacial score (nSPS) is 19.0. The van der Waals surface area contributed by atoms with Crippen molar-refractivity contribution in [3.05, 3.63) is 75.0 Å². The number of ketones is 1. The molecule has 176 valence electrons. The summed E-state index contributed by atoms with van der Waals surface area (Å²) >= 11 is 2.78. The van der Waals surface area contributed by atoms with Crippen molar-refractivity contribution in [2.75, 3.05) is 18.1 Å². The maximum atomic E-state index is 13.4. The molecule has 0 spiro atoms. The summed E-state index contributed by atoms with van der Waals surface area (Å²) in [5, 5.41) is 13.6. The predicted octanol–water partition coefficient (Wildman–Crippen LogP) is 5.37. The van der Waals surface area contributed by atoms with E-state index >= 15 is 0 Å². The van der Waals surface area contributed by atoms with Crippen LogP contribution in [0.5, 0.6) is 11.5 Å². The van der Waals surface area contributed by atoms with Crippen LogP contribution in [0.15, 0.2) is 53.4 Å². The van der Waals surface area contributed by atoms with Crippen LogP contribution in [0.2, 0.25) is 0 Å². The minimum Gasteiger partial charge on any atom is -0.507 e. The molecule has 1 fully saturated rings. The number of hydrogen-bond acceptors (Lipinski definition) is 8. The lowest BCUT2D eigenvalue weighted by Crippen LogP contribution is -2.28. The Hall–Kier alpha value is -3.69. The zero-order chi connectivity index (χ0) is 24.3. The van der Waals surface area contributed by atoms with Crippen LogP contribution in [-0.4, -0.2) is 35.0 Å². The summed E-state index contributed by atoms with van der Waals surface area (Å²) in [5.74, 6) is -0.657. The smallest absolute Gasteiger partial charge is 0.301 e. The van der Waals surface area contributed by atoms with Crippen molar-refractivity contribution >= 4 is 55.5 Å². The number of aliphatic hydroxyl groups is 1. The van der Waals surface area contributed by atoms with E-state index in [-0.39, 0.29) is 11.3 Å². The summed E-state index contributed by atoms with van der Waals surface area (Å²) in [7, 11) is 0. The van der Waals surface area contributed by atoms with Gasteiger partial charge in [-0.15, -0.1) is 11.3 Å². The number of nitrogens with zero attached hydrogens (tertiary/aromatic N) is 2. The highest BCUT2D eigenvalue weighted by Gasteiger charge is 2.48. The van der Waals surface area contributed by atoms with Crippen LogP contribution in [0, 0.1) is 13.8 Å². The molecule has 9 heteroatoms. The molecule has 0 radical (unpaired) electrons. The van der Waals surface area contributed by atoms with Crippen LogP contribution in [0.4, 0.5) is 5.13 Å². The van der Waals surface area contributed by atoms with Gasteiger partial charge >= 0.3 is 5.91 Å². The van der Waals surface area contributed by atoms with Gasteiger partial charge in [0.05, 0.1) is 15.8 Å². The number of ether oxygens (including phenoxy) is 2. The average Bonchev–Trinajstić information content (AvgIpc) is 3.57. The Kier molecular flexibility index (Phi) is 5.12. The molecule has 2 aromatic heterocycles. The molecule has 0 aliphatic carbocycles. The van der Waals surface area contributed by atoms with E-state index < -0.39 is 17.7 Å². The van der Waals surface area contributed by atoms with Crippen molar-refractivity contribution in [2.45, 2.75) is 19.9 Å². The van der Waals surface area contributed by atoms with E-state index in [4.69, 9.17) is 14.5 Å². The first-order valence-electron chi connectivity index (χ1n) is 11.0. The van der Waals surface area contributed by atoms with Gasteiger partial charge in [-0.1, -0.05) is 23.5 Å². The first kappa shape index (κ1) is 21.8. The molecule has 1 atom stereocenters. The molecule has 2 aliphatic heterocycles. The number of anilines is 1. The van der Waals surface area contributed by atoms with E-state index in [0.717, 1.165) is 26.2 Å². The summed E-state index contributed by atoms with van der Waals surface area (Å²) < 4.78 is 12.1. The molecule has 1 unspecified atom stereocenters. The van der Waals surface area contributed by atoms with Crippen molar-refractivity contribution in [2.24, 2.45) is 0 Å². The number of aryl methyl sites for hydroxylation is 2. The minimum absolute atomic E-state index is 0.0290. The SMILES string of the molecule is Cc1cc(C)c2nc(N3C(=O)C(=O)/C(=C(\O)c4ccc5c(c4)OCCO5)C3c3cccs3)sc2c1. The van der Waals surface area contributed by atoms with Gasteiger partial charge in [-0.05, 0) is 60.7 Å². The number of aromatic nitrogens is 1. The van der Waals surface area contributed by atoms with Crippen LogP contribution in [-0.2, 0) is 9.59 Å². The van der Waals surface area contributed by atoms with Gasteiger partial charge in [-0.3, -0.25) is 14.5 Å². The van der Waals surface area contributed by atoms with Crippen molar-refractivity contribution in [1.29, 1.82) is 0 Å². The Morgan fingerprint density at radius 2 is 1.89 bits per heavy atom. The van der Waals surface area contributed by atoms with Gasteiger partial charge in [-0.25, -0.2) is 4.98 Å². The number of carbonyl (C=O) groups is 2. The molecule has 1 saturated heterocycles. The van der Waals surface area contributed by atoms with Crippen molar-refractivity contribution in [3.63, 3.8) is 0 Å². The molecule has 1 N–H and O–H groups in total. The van der Waals surface area contributed by atoms with E-state index in [1.807, 2.05) is 43.5 Å². The maximum absolute atomic E-state index is 13.4. The topological polar surface area (TPSA) is 89.0 Å². The van der Waals surface area contributed by atoms with Gasteiger partial charge in [0.15, 0.2) is 16.6 Å². The van der Waals surface area contributed by atoms with Crippen LogP contribution in [0.1, 0.15) is 27.6 Å². The lowest BCUT2D eigenvalue weighted by atomic mass is 9.99. The molecular weight excluding hydrogens is 484 g/mol. The van der Waals surface area contributed by atoms with Crippen molar-refractivity contribution in [1.82, 2.24) is 4.98 Å². The predicted molar refractivity (Wildman–Crippen MR) is 136 cm³/mol. The number of benzene rings is 2. The number of amides is 1. The number of hydrogen-bond donors (Lipinski definition) is 1. The van der Waals surface area contributed by atoms with Gasteiger partial charge in [0.2, 0.25) is 0 Å². The van der Waals surface area contributed by atoms with E-state index in [2.05, 4.69) is 0 Å². The number of thiophene rings is 1. The Bertz CT molecular complexity index is 1540. The first-order chi connectivity index (χ1) is 16.9. The van der Waals surface area contributed by atoms with Crippen LogP contribution in [0.25, 0.3) is 16.0 Å². The molecule has 35 heavy (non-hydrogen) atoms. The van der Waals surface area contributed by atoms with Crippen LogP contribution in [0.3, 0.4) is 0 Å². The molecule has 0 bridgehead atoms. The number of Topliss-reactive ketones (excluding diaryl/α,β-unsaturated/α-hetero) is 1.